The molecule has 1 amide bonds. The van der Waals surface area contributed by atoms with Crippen LogP contribution in [0.15, 0.2) is 24.3 Å². The maximum absolute atomic E-state index is 12.8. The van der Waals surface area contributed by atoms with Crippen LogP contribution in [0.1, 0.15) is 219 Å². The van der Waals surface area contributed by atoms with Gasteiger partial charge >= 0.3 is 7.82 Å². The molecule has 5 N–H and O–H groups in total. The van der Waals surface area contributed by atoms with Crippen LogP contribution in [0.3, 0.4) is 0 Å². The highest BCUT2D eigenvalue weighted by Crippen LogP contribution is 2.43. The van der Waals surface area contributed by atoms with Crippen LogP contribution in [0.5, 0.6) is 0 Å². The molecule has 0 aliphatic heterocycles. The Kier molecular flexibility index (Phi) is 39.9. The molecule has 0 radical (unpaired) electrons. The van der Waals surface area contributed by atoms with Gasteiger partial charge in [-0.25, -0.2) is 4.57 Å². The van der Waals surface area contributed by atoms with Gasteiger partial charge in [0.2, 0.25) is 5.91 Å². The van der Waals surface area contributed by atoms with Crippen molar-refractivity contribution in [2.24, 2.45) is 5.73 Å². The maximum atomic E-state index is 12.8. The van der Waals surface area contributed by atoms with E-state index in [0.29, 0.717) is 6.42 Å². The highest BCUT2D eigenvalue weighted by molar-refractivity contribution is 7.47. The molecular weight excluding hydrogens is 683 g/mol. The number of hydrogen-bond donors (Lipinski definition) is 4. The Balaban J connectivity index is 4.19. The van der Waals surface area contributed by atoms with E-state index in [-0.39, 0.29) is 25.7 Å². The molecule has 0 heterocycles. The van der Waals surface area contributed by atoms with Crippen LogP contribution in [-0.2, 0) is 18.4 Å². The molecule has 8 nitrogen and oxygen atoms in total. The van der Waals surface area contributed by atoms with Crippen LogP contribution >= 0.6 is 7.82 Å². The average molecular weight is 771 g/mol. The van der Waals surface area contributed by atoms with Crippen LogP contribution < -0.4 is 11.1 Å². The van der Waals surface area contributed by atoms with E-state index in [1.807, 2.05) is 6.08 Å². The van der Waals surface area contributed by atoms with Gasteiger partial charge in [-0.1, -0.05) is 205 Å². The number of aliphatic hydroxyl groups is 1. The van der Waals surface area contributed by atoms with Crippen molar-refractivity contribution in [2.75, 3.05) is 19.8 Å². The van der Waals surface area contributed by atoms with E-state index in [1.54, 1.807) is 6.08 Å². The van der Waals surface area contributed by atoms with E-state index in [0.717, 1.165) is 38.5 Å². The van der Waals surface area contributed by atoms with Gasteiger partial charge in [-0.05, 0) is 32.1 Å². The molecule has 3 unspecified atom stereocenters. The zero-order chi connectivity index (χ0) is 38.9. The molecule has 0 aliphatic carbocycles. The third kappa shape index (κ3) is 39.0. The summed E-state index contributed by atoms with van der Waals surface area (Å²) in [5, 5.41) is 13.7. The van der Waals surface area contributed by atoms with Gasteiger partial charge < -0.3 is 21.1 Å². The lowest BCUT2D eigenvalue weighted by Gasteiger charge is -2.23. The van der Waals surface area contributed by atoms with Crippen LogP contribution in [0, 0.1) is 0 Å². The summed E-state index contributed by atoms with van der Waals surface area (Å²) in [5.74, 6) is -0.201. The van der Waals surface area contributed by atoms with Crippen molar-refractivity contribution in [1.29, 1.82) is 0 Å². The topological polar surface area (TPSA) is 131 Å². The molecule has 314 valence electrons. The van der Waals surface area contributed by atoms with Crippen LogP contribution in [-0.4, -0.2) is 47.8 Å². The van der Waals surface area contributed by atoms with Gasteiger partial charge in [0.25, 0.3) is 0 Å². The zero-order valence-electron chi connectivity index (χ0n) is 34.8. The molecule has 0 aliphatic rings. The second-order valence-electron chi connectivity index (χ2n) is 15.3. The SMILES string of the molecule is CCCCCCCCCCC/C=C/CC/C=C/C(O)C(COP(=O)(O)OCCN)NC(=O)CCCCCCCCCCCCCCCCCCCCC. The molecule has 0 fully saturated rings. The summed E-state index contributed by atoms with van der Waals surface area (Å²) < 4.78 is 22.1. The van der Waals surface area contributed by atoms with E-state index in [4.69, 9.17) is 14.8 Å². The lowest BCUT2D eigenvalue weighted by atomic mass is 10.0. The molecule has 0 aromatic heterocycles. The summed E-state index contributed by atoms with van der Waals surface area (Å²) in [7, 11) is -4.34. The van der Waals surface area contributed by atoms with Crippen molar-refractivity contribution >= 4 is 13.7 Å². The molecule has 0 spiro atoms. The van der Waals surface area contributed by atoms with Crippen molar-refractivity contribution in [2.45, 2.75) is 231 Å². The van der Waals surface area contributed by atoms with Gasteiger partial charge in [0.05, 0.1) is 25.4 Å². The molecular formula is C44H87N2O6P. The largest absolute Gasteiger partial charge is 0.472 e. The minimum absolute atomic E-state index is 0.0759. The van der Waals surface area contributed by atoms with Crippen LogP contribution in [0.2, 0.25) is 0 Å². The Morgan fingerprint density at radius 3 is 1.45 bits per heavy atom. The molecule has 0 aromatic carbocycles. The van der Waals surface area contributed by atoms with Crippen LogP contribution in [0.25, 0.3) is 0 Å². The third-order valence-electron chi connectivity index (χ3n) is 10.0. The fraction of sp³-hybridized carbons (Fsp3) is 0.886. The minimum Gasteiger partial charge on any atom is -0.387 e. The van der Waals surface area contributed by atoms with E-state index >= 15 is 0 Å². The standard InChI is InChI=1S/C44H87N2O6P/c1-3-5-7-9-11-13-15-17-19-20-21-22-24-26-28-30-32-34-36-38-44(48)46-42(41-52-53(49,50)51-40-39-45)43(47)37-35-33-31-29-27-25-23-18-16-14-12-10-8-6-4-2/h27,29,35,37,42-43,47H,3-26,28,30-34,36,38-41,45H2,1-2H3,(H,46,48)(H,49,50)/b29-27+,37-35+. The molecule has 0 bridgehead atoms. The Hall–Kier alpha value is -1.02. The maximum Gasteiger partial charge on any atom is 0.472 e. The zero-order valence-corrected chi connectivity index (χ0v) is 35.7. The van der Waals surface area contributed by atoms with Gasteiger partial charge in [-0.3, -0.25) is 13.8 Å². The number of hydrogen-bond acceptors (Lipinski definition) is 6. The van der Waals surface area contributed by atoms with Crippen molar-refractivity contribution in [3.8, 4) is 0 Å². The predicted molar refractivity (Wildman–Crippen MR) is 226 cm³/mol. The number of unbranched alkanes of at least 4 members (excludes halogenated alkanes) is 28. The Morgan fingerprint density at radius 2 is 1.00 bits per heavy atom. The van der Waals surface area contributed by atoms with E-state index in [2.05, 4.69) is 31.3 Å². The van der Waals surface area contributed by atoms with E-state index in [9.17, 15) is 19.4 Å². The quantitative estimate of drug-likeness (QED) is 0.0276. The second-order valence-corrected chi connectivity index (χ2v) is 16.7. The monoisotopic (exact) mass is 771 g/mol. The first-order valence-corrected chi connectivity index (χ1v) is 24.0. The lowest BCUT2D eigenvalue weighted by molar-refractivity contribution is -0.123. The van der Waals surface area contributed by atoms with Crippen LogP contribution in [0.4, 0.5) is 0 Å². The summed E-state index contributed by atoms with van der Waals surface area (Å²) in [6.45, 7) is 4.13. The van der Waals surface area contributed by atoms with Gasteiger partial charge in [0.15, 0.2) is 0 Å². The van der Waals surface area contributed by atoms with E-state index < -0.39 is 20.0 Å². The number of nitrogens with two attached hydrogens (primary N) is 1. The molecule has 0 saturated heterocycles. The first-order chi connectivity index (χ1) is 25.9. The van der Waals surface area contributed by atoms with Crippen molar-refractivity contribution < 1.29 is 28.4 Å². The number of nitrogens with one attached hydrogen (secondary N) is 1. The summed E-state index contributed by atoms with van der Waals surface area (Å²) in [6, 6.07) is -0.872. The summed E-state index contributed by atoms with van der Waals surface area (Å²) >= 11 is 0. The summed E-state index contributed by atoms with van der Waals surface area (Å²) in [5.41, 5.74) is 5.37. The molecule has 0 saturated carbocycles. The van der Waals surface area contributed by atoms with Gasteiger partial charge in [-0.2, -0.15) is 0 Å². The van der Waals surface area contributed by atoms with Crippen molar-refractivity contribution in [1.82, 2.24) is 5.32 Å². The normalized spacial score (nSPS) is 14.3. The Morgan fingerprint density at radius 1 is 0.604 bits per heavy atom. The first kappa shape index (κ1) is 52.0. The third-order valence-corrected chi connectivity index (χ3v) is 11.0. The summed E-state index contributed by atoms with van der Waals surface area (Å²) in [4.78, 5) is 22.7. The number of amides is 1. The molecule has 0 rings (SSSR count). The predicted octanol–water partition coefficient (Wildman–Crippen LogP) is 12.6. The van der Waals surface area contributed by atoms with Gasteiger partial charge in [0.1, 0.15) is 0 Å². The Bertz CT molecular complexity index is 886. The summed E-state index contributed by atoms with van der Waals surface area (Å²) in [6.07, 6.45) is 46.6. The number of aliphatic hydroxyl groups excluding tert-OH is 1. The highest BCUT2D eigenvalue weighted by Gasteiger charge is 2.26. The number of phosphoric acid groups is 1. The molecule has 9 heteroatoms. The van der Waals surface area contributed by atoms with Crippen molar-refractivity contribution in [3.63, 3.8) is 0 Å². The fourth-order valence-corrected chi connectivity index (χ4v) is 7.38. The average Bonchev–Trinajstić information content (AvgIpc) is 3.14. The molecule has 0 aromatic rings. The number of rotatable bonds is 42. The van der Waals surface area contributed by atoms with Gasteiger partial charge in [-0.15, -0.1) is 0 Å². The first-order valence-electron chi connectivity index (χ1n) is 22.5. The highest BCUT2D eigenvalue weighted by atomic mass is 31.2. The second kappa shape index (κ2) is 40.6. The number of allylic oxidation sites excluding steroid dienone is 3. The van der Waals surface area contributed by atoms with Gasteiger partial charge in [0, 0.05) is 13.0 Å². The molecule has 3 atom stereocenters. The fourth-order valence-electron chi connectivity index (χ4n) is 6.62. The number of carbonyl (C=O) groups is 1. The minimum atomic E-state index is -4.34. The lowest BCUT2D eigenvalue weighted by Crippen LogP contribution is -2.45. The van der Waals surface area contributed by atoms with E-state index in [1.165, 1.54) is 161 Å². The Labute approximate surface area is 327 Å². The van der Waals surface area contributed by atoms with Crippen molar-refractivity contribution in [3.05, 3.63) is 24.3 Å². The molecule has 53 heavy (non-hydrogen) atoms. The smallest absolute Gasteiger partial charge is 0.387 e. The number of carbonyl (C=O) groups excluding carboxylic acids is 1. The number of phosphoric ester groups is 1.